The van der Waals surface area contributed by atoms with E-state index in [-0.39, 0.29) is 18.2 Å². The second kappa shape index (κ2) is 8.03. The van der Waals surface area contributed by atoms with Crippen molar-refractivity contribution in [1.29, 1.82) is 0 Å². The van der Waals surface area contributed by atoms with Gasteiger partial charge >= 0.3 is 0 Å². The normalized spacial score (nSPS) is 28.1. The van der Waals surface area contributed by atoms with Crippen molar-refractivity contribution in [3.05, 3.63) is 0 Å². The Balaban J connectivity index is 2.18. The molecule has 0 saturated heterocycles. The fraction of sp³-hybridized carbons (Fsp3) is 1.00. The molecule has 0 heterocycles. The van der Waals surface area contributed by atoms with Crippen LogP contribution in [0, 0.1) is 0 Å². The highest BCUT2D eigenvalue weighted by atomic mass is 16.5. The van der Waals surface area contributed by atoms with Gasteiger partial charge in [-0.1, -0.05) is 19.3 Å². The van der Waals surface area contributed by atoms with Gasteiger partial charge in [-0.15, -0.1) is 0 Å². The van der Waals surface area contributed by atoms with Crippen molar-refractivity contribution in [3.8, 4) is 0 Å². The topological polar surface area (TPSA) is 64.7 Å². The summed E-state index contributed by atoms with van der Waals surface area (Å²) in [7, 11) is 0. The van der Waals surface area contributed by atoms with Gasteiger partial charge in [0.2, 0.25) is 0 Å². The number of aliphatic hydroxyl groups is 1. The number of aliphatic hydroxyl groups excluding tert-OH is 1. The van der Waals surface area contributed by atoms with Gasteiger partial charge in [0, 0.05) is 6.04 Å². The zero-order chi connectivity index (χ0) is 12.7. The standard InChI is InChI=1S/C13H27NO3/c1-10(2)16-8-11(15)9-17-13-7-5-3-4-6-12(13)14/h10-13,15H,3-9,14H2,1-2H3. The van der Waals surface area contributed by atoms with Crippen LogP contribution in [0.5, 0.6) is 0 Å². The Morgan fingerprint density at radius 3 is 2.59 bits per heavy atom. The van der Waals surface area contributed by atoms with Gasteiger partial charge in [-0.3, -0.25) is 0 Å². The summed E-state index contributed by atoms with van der Waals surface area (Å²) < 4.78 is 11.0. The van der Waals surface area contributed by atoms with Crippen LogP contribution in [-0.2, 0) is 9.47 Å². The molecule has 3 unspecified atom stereocenters. The van der Waals surface area contributed by atoms with Gasteiger partial charge in [0.15, 0.2) is 0 Å². The van der Waals surface area contributed by atoms with Crippen molar-refractivity contribution in [2.24, 2.45) is 5.73 Å². The summed E-state index contributed by atoms with van der Waals surface area (Å²) in [6.07, 6.45) is 5.36. The molecular formula is C13H27NO3. The summed E-state index contributed by atoms with van der Waals surface area (Å²) in [5, 5.41) is 9.69. The number of hydrogen-bond donors (Lipinski definition) is 2. The molecule has 1 saturated carbocycles. The van der Waals surface area contributed by atoms with Crippen LogP contribution >= 0.6 is 0 Å². The SMILES string of the molecule is CC(C)OCC(O)COC1CCCCCC1N. The molecule has 0 radical (unpaired) electrons. The van der Waals surface area contributed by atoms with Crippen LogP contribution in [0.15, 0.2) is 0 Å². The molecule has 0 aromatic carbocycles. The van der Waals surface area contributed by atoms with Crippen LogP contribution in [0.1, 0.15) is 46.0 Å². The number of ether oxygens (including phenoxy) is 2. The monoisotopic (exact) mass is 245 g/mol. The van der Waals surface area contributed by atoms with Gasteiger partial charge in [0.05, 0.1) is 25.4 Å². The van der Waals surface area contributed by atoms with Crippen molar-refractivity contribution in [2.45, 2.75) is 70.3 Å². The maximum atomic E-state index is 9.69. The molecule has 1 aliphatic carbocycles. The third-order valence-corrected chi connectivity index (χ3v) is 3.13. The molecule has 1 aliphatic rings. The highest BCUT2D eigenvalue weighted by molar-refractivity contribution is 4.77. The second-order valence-electron chi connectivity index (χ2n) is 5.21. The molecule has 0 aromatic rings. The van der Waals surface area contributed by atoms with Crippen LogP contribution in [0.4, 0.5) is 0 Å². The van der Waals surface area contributed by atoms with Crippen molar-refractivity contribution in [2.75, 3.05) is 13.2 Å². The molecule has 0 amide bonds. The lowest BCUT2D eigenvalue weighted by Crippen LogP contribution is -2.38. The number of nitrogens with two attached hydrogens (primary N) is 1. The lowest BCUT2D eigenvalue weighted by molar-refractivity contribution is -0.0618. The lowest BCUT2D eigenvalue weighted by atomic mass is 10.1. The van der Waals surface area contributed by atoms with E-state index in [2.05, 4.69) is 0 Å². The highest BCUT2D eigenvalue weighted by Crippen LogP contribution is 2.19. The molecule has 0 aliphatic heterocycles. The third-order valence-electron chi connectivity index (χ3n) is 3.13. The van der Waals surface area contributed by atoms with E-state index >= 15 is 0 Å². The average molecular weight is 245 g/mol. The number of hydrogen-bond acceptors (Lipinski definition) is 4. The quantitative estimate of drug-likeness (QED) is 0.695. The van der Waals surface area contributed by atoms with Gasteiger partial charge in [-0.25, -0.2) is 0 Å². The summed E-state index contributed by atoms with van der Waals surface area (Å²) in [6.45, 7) is 4.56. The lowest BCUT2D eigenvalue weighted by Gasteiger charge is -2.23. The van der Waals surface area contributed by atoms with Crippen LogP contribution in [0.25, 0.3) is 0 Å². The van der Waals surface area contributed by atoms with Crippen molar-refractivity contribution in [3.63, 3.8) is 0 Å². The minimum Gasteiger partial charge on any atom is -0.388 e. The van der Waals surface area contributed by atoms with E-state index in [1.54, 1.807) is 0 Å². The van der Waals surface area contributed by atoms with Crippen LogP contribution < -0.4 is 5.73 Å². The minimum atomic E-state index is -0.548. The molecule has 0 spiro atoms. The molecule has 1 fully saturated rings. The molecule has 3 atom stereocenters. The molecule has 3 N–H and O–H groups in total. The Bertz CT molecular complexity index is 199. The third kappa shape index (κ3) is 6.36. The minimum absolute atomic E-state index is 0.103. The molecular weight excluding hydrogens is 218 g/mol. The average Bonchev–Trinajstić information content (AvgIpc) is 2.48. The Hall–Kier alpha value is -0.160. The fourth-order valence-corrected chi connectivity index (χ4v) is 2.10. The zero-order valence-electron chi connectivity index (χ0n) is 11.1. The van der Waals surface area contributed by atoms with E-state index in [1.165, 1.54) is 19.3 Å². The maximum absolute atomic E-state index is 9.69. The van der Waals surface area contributed by atoms with Gasteiger partial charge in [0.25, 0.3) is 0 Å². The molecule has 1 rings (SSSR count). The zero-order valence-corrected chi connectivity index (χ0v) is 11.1. The summed E-state index contributed by atoms with van der Waals surface area (Å²) in [6, 6.07) is 0.121. The number of rotatable bonds is 6. The smallest absolute Gasteiger partial charge is 0.101 e. The first-order chi connectivity index (χ1) is 8.09. The van der Waals surface area contributed by atoms with Gasteiger partial charge in [-0.05, 0) is 26.7 Å². The van der Waals surface area contributed by atoms with Crippen molar-refractivity contribution < 1.29 is 14.6 Å². The Morgan fingerprint density at radius 1 is 1.18 bits per heavy atom. The van der Waals surface area contributed by atoms with E-state index in [4.69, 9.17) is 15.2 Å². The van der Waals surface area contributed by atoms with Gasteiger partial charge in [0.1, 0.15) is 6.10 Å². The largest absolute Gasteiger partial charge is 0.388 e. The second-order valence-corrected chi connectivity index (χ2v) is 5.21. The summed E-state index contributed by atoms with van der Waals surface area (Å²) in [5.41, 5.74) is 6.05. The van der Waals surface area contributed by atoms with Crippen LogP contribution in [-0.4, -0.2) is 42.7 Å². The van der Waals surface area contributed by atoms with E-state index in [1.807, 2.05) is 13.8 Å². The van der Waals surface area contributed by atoms with E-state index in [0.717, 1.165) is 12.8 Å². The van der Waals surface area contributed by atoms with E-state index in [0.29, 0.717) is 13.2 Å². The summed E-state index contributed by atoms with van der Waals surface area (Å²) >= 11 is 0. The Morgan fingerprint density at radius 2 is 1.88 bits per heavy atom. The first kappa shape index (κ1) is 14.9. The fourth-order valence-electron chi connectivity index (χ4n) is 2.10. The molecule has 102 valence electrons. The first-order valence-corrected chi connectivity index (χ1v) is 6.76. The van der Waals surface area contributed by atoms with Gasteiger partial charge < -0.3 is 20.3 Å². The maximum Gasteiger partial charge on any atom is 0.101 e. The molecule has 17 heavy (non-hydrogen) atoms. The molecule has 0 bridgehead atoms. The molecule has 4 heteroatoms. The Kier molecular flexibility index (Phi) is 7.04. The molecule has 0 aromatic heterocycles. The van der Waals surface area contributed by atoms with Crippen LogP contribution in [0.3, 0.4) is 0 Å². The van der Waals surface area contributed by atoms with Crippen molar-refractivity contribution >= 4 is 0 Å². The van der Waals surface area contributed by atoms with E-state index < -0.39 is 6.10 Å². The van der Waals surface area contributed by atoms with E-state index in [9.17, 15) is 5.11 Å². The molecule has 4 nitrogen and oxygen atoms in total. The van der Waals surface area contributed by atoms with Crippen LogP contribution in [0.2, 0.25) is 0 Å². The summed E-state index contributed by atoms with van der Waals surface area (Å²) in [4.78, 5) is 0. The van der Waals surface area contributed by atoms with Crippen molar-refractivity contribution in [1.82, 2.24) is 0 Å². The Labute approximate surface area is 104 Å². The van der Waals surface area contributed by atoms with Gasteiger partial charge in [-0.2, -0.15) is 0 Å². The highest BCUT2D eigenvalue weighted by Gasteiger charge is 2.21. The first-order valence-electron chi connectivity index (χ1n) is 6.76. The predicted molar refractivity (Wildman–Crippen MR) is 67.9 cm³/mol. The summed E-state index contributed by atoms with van der Waals surface area (Å²) in [5.74, 6) is 0. The predicted octanol–water partition coefficient (Wildman–Crippen LogP) is 1.45.